The molecule has 2 radical (unpaired) electrons. The lowest BCUT2D eigenvalue weighted by atomic mass is 10.1. The van der Waals surface area contributed by atoms with Gasteiger partial charge in [-0.2, -0.15) is 0 Å². The van der Waals surface area contributed by atoms with Crippen LogP contribution in [0.2, 0.25) is 23.7 Å². The molecule has 1 rings (SSSR count). The summed E-state index contributed by atoms with van der Waals surface area (Å²) in [7, 11) is -0.0793. The minimum Gasteiger partial charge on any atom is -0.0709 e. The molecule has 0 aromatic heterocycles. The van der Waals surface area contributed by atoms with Crippen molar-refractivity contribution in [2.45, 2.75) is 72.1 Å². The molecule has 0 amide bonds. The van der Waals surface area contributed by atoms with Gasteiger partial charge in [0.2, 0.25) is 0 Å². The Labute approximate surface area is 111 Å². The van der Waals surface area contributed by atoms with Crippen LogP contribution in [0.4, 0.5) is 0 Å². The summed E-state index contributed by atoms with van der Waals surface area (Å²) in [6.07, 6.45) is 0. The van der Waals surface area contributed by atoms with Gasteiger partial charge in [0.25, 0.3) is 0 Å². The molecule has 0 heterocycles. The van der Waals surface area contributed by atoms with Crippen LogP contribution in [0.1, 0.15) is 48.5 Å². The molecule has 2 heteroatoms. The molecule has 0 spiro atoms. The topological polar surface area (TPSA) is 0 Å². The summed E-state index contributed by atoms with van der Waals surface area (Å²) in [6.45, 7) is 21.7. The van der Waals surface area contributed by atoms with Crippen LogP contribution in [0.5, 0.6) is 0 Å². The maximum Gasteiger partial charge on any atom is 0.0489 e. The molecule has 1 aliphatic rings. The molecule has 0 fully saturated rings. The van der Waals surface area contributed by atoms with Gasteiger partial charge < -0.3 is 0 Å². The Hall–Kier alpha value is -0.0862. The Morgan fingerprint density at radius 3 is 1.53 bits per heavy atom. The summed E-state index contributed by atoms with van der Waals surface area (Å²) in [5, 5.41) is 0.487. The van der Waals surface area contributed by atoms with Crippen molar-refractivity contribution < 1.29 is 0 Å². The minimum absolute atomic E-state index is 0.487. The average molecular weight is 265 g/mol. The smallest absolute Gasteiger partial charge is 0.0489 e. The highest BCUT2D eigenvalue weighted by Crippen LogP contribution is 2.47. The third-order valence-electron chi connectivity index (χ3n) is 4.03. The minimum atomic E-state index is -1.20. The first kappa shape index (κ1) is 15.0. The molecular formula is C15H28Si2. The van der Waals surface area contributed by atoms with Crippen LogP contribution in [-0.4, -0.2) is 16.6 Å². The molecule has 0 atom stereocenters. The molecule has 0 aliphatic heterocycles. The number of hydrogen-bond acceptors (Lipinski definition) is 0. The van der Waals surface area contributed by atoms with E-state index >= 15 is 0 Å². The van der Waals surface area contributed by atoms with E-state index < -0.39 is 7.59 Å². The Morgan fingerprint density at radius 2 is 1.24 bits per heavy atom. The highest BCUT2D eigenvalue weighted by atomic mass is 29.2. The van der Waals surface area contributed by atoms with Crippen LogP contribution < -0.4 is 0 Å². The van der Waals surface area contributed by atoms with Gasteiger partial charge in [-0.3, -0.25) is 0 Å². The van der Waals surface area contributed by atoms with Crippen LogP contribution in [0, 0.1) is 0 Å². The second-order valence-electron chi connectivity index (χ2n) is 7.15. The van der Waals surface area contributed by atoms with E-state index in [0.717, 1.165) is 14.6 Å². The van der Waals surface area contributed by atoms with Crippen molar-refractivity contribution in [2.24, 2.45) is 0 Å². The highest BCUT2D eigenvalue weighted by molar-refractivity contribution is 7.25. The van der Waals surface area contributed by atoms with Crippen LogP contribution in [-0.2, 0) is 0 Å². The molecule has 96 valence electrons. The zero-order valence-electron chi connectivity index (χ0n) is 13.1. The van der Waals surface area contributed by atoms with Crippen molar-refractivity contribution in [3.8, 4) is 0 Å². The summed E-state index contributed by atoms with van der Waals surface area (Å²) in [4.78, 5) is 0. The van der Waals surface area contributed by atoms with Gasteiger partial charge in [0.05, 0.1) is 0 Å². The van der Waals surface area contributed by atoms with Gasteiger partial charge in [-0.15, -0.1) is 0 Å². The lowest BCUT2D eigenvalue weighted by Gasteiger charge is -2.37. The monoisotopic (exact) mass is 264 g/mol. The average Bonchev–Trinajstić information content (AvgIpc) is 2.27. The van der Waals surface area contributed by atoms with Crippen molar-refractivity contribution >= 4 is 16.6 Å². The molecule has 0 saturated heterocycles. The molecule has 0 unspecified atom stereocenters. The fourth-order valence-electron chi connectivity index (χ4n) is 3.47. The summed E-state index contributed by atoms with van der Waals surface area (Å²) in [5.74, 6) is 0. The lowest BCUT2D eigenvalue weighted by Crippen LogP contribution is -2.44. The third kappa shape index (κ3) is 3.02. The zero-order valence-corrected chi connectivity index (χ0v) is 15.1. The van der Waals surface area contributed by atoms with Crippen molar-refractivity contribution in [3.63, 3.8) is 0 Å². The molecule has 0 bridgehead atoms. The van der Waals surface area contributed by atoms with Gasteiger partial charge in [-0.1, -0.05) is 45.0 Å². The summed E-state index contributed by atoms with van der Waals surface area (Å²) >= 11 is 0. The maximum atomic E-state index is 2.58. The summed E-state index contributed by atoms with van der Waals surface area (Å²) < 4.78 is 0. The first-order valence-electron chi connectivity index (χ1n) is 6.62. The lowest BCUT2D eigenvalue weighted by molar-refractivity contribution is 0.760. The van der Waals surface area contributed by atoms with E-state index in [9.17, 15) is 0 Å². The Balaban J connectivity index is 3.10. The van der Waals surface area contributed by atoms with Crippen molar-refractivity contribution in [2.75, 3.05) is 0 Å². The van der Waals surface area contributed by atoms with Crippen LogP contribution in [0.3, 0.4) is 0 Å². The maximum absolute atomic E-state index is 2.58. The number of hydrogen-bond donors (Lipinski definition) is 0. The van der Waals surface area contributed by atoms with E-state index in [-0.39, 0.29) is 0 Å². The predicted molar refractivity (Wildman–Crippen MR) is 83.4 cm³/mol. The van der Waals surface area contributed by atoms with Crippen molar-refractivity contribution in [3.05, 3.63) is 22.3 Å². The number of allylic oxidation sites excluding steroid dienone is 4. The molecule has 0 N–H and O–H groups in total. The largest absolute Gasteiger partial charge is 0.0709 e. The first-order valence-corrected chi connectivity index (χ1v) is 11.7. The van der Waals surface area contributed by atoms with E-state index in [4.69, 9.17) is 0 Å². The van der Waals surface area contributed by atoms with E-state index in [1.165, 1.54) is 0 Å². The Kier molecular flexibility index (Phi) is 4.00. The van der Waals surface area contributed by atoms with E-state index in [2.05, 4.69) is 61.6 Å². The fourth-order valence-corrected chi connectivity index (χ4v) is 15.7. The van der Waals surface area contributed by atoms with Gasteiger partial charge in [0, 0.05) is 16.6 Å². The fraction of sp³-hybridized carbons (Fsp3) is 0.733. The SMILES string of the molecule is CC1=C(C)C([Si](C)(C)[Si]C(C)(C)C)C(C)=C1C. The van der Waals surface area contributed by atoms with E-state index in [1.807, 2.05) is 0 Å². The van der Waals surface area contributed by atoms with Gasteiger partial charge in [0.1, 0.15) is 0 Å². The second kappa shape index (κ2) is 4.54. The normalized spacial score (nSPS) is 19.6. The molecule has 0 nitrogen and oxygen atoms in total. The van der Waals surface area contributed by atoms with E-state index in [0.29, 0.717) is 5.04 Å². The van der Waals surface area contributed by atoms with Gasteiger partial charge >= 0.3 is 0 Å². The van der Waals surface area contributed by atoms with Crippen LogP contribution in [0.15, 0.2) is 22.3 Å². The van der Waals surface area contributed by atoms with E-state index in [1.54, 1.807) is 22.3 Å². The quantitative estimate of drug-likeness (QED) is 0.604. The first-order chi connectivity index (χ1) is 7.47. The highest BCUT2D eigenvalue weighted by Gasteiger charge is 2.41. The van der Waals surface area contributed by atoms with Crippen molar-refractivity contribution in [1.29, 1.82) is 0 Å². The molecule has 1 aliphatic carbocycles. The molecule has 0 aromatic carbocycles. The Bertz CT molecular complexity index is 354. The molecule has 0 aromatic rings. The predicted octanol–water partition coefficient (Wildman–Crippen LogP) is 5.17. The zero-order chi connectivity index (χ0) is 13.6. The third-order valence-corrected chi connectivity index (χ3v) is 12.8. The van der Waals surface area contributed by atoms with Gasteiger partial charge in [-0.25, -0.2) is 0 Å². The molecule has 17 heavy (non-hydrogen) atoms. The Morgan fingerprint density at radius 1 is 0.882 bits per heavy atom. The summed E-state index contributed by atoms with van der Waals surface area (Å²) in [6, 6.07) is 0. The van der Waals surface area contributed by atoms with Gasteiger partial charge in [-0.05, 0) is 49.4 Å². The van der Waals surface area contributed by atoms with Crippen LogP contribution in [0.25, 0.3) is 0 Å². The summed E-state index contributed by atoms with van der Waals surface area (Å²) in [5.41, 5.74) is 7.24. The van der Waals surface area contributed by atoms with Gasteiger partial charge in [0.15, 0.2) is 0 Å². The van der Waals surface area contributed by atoms with Crippen LogP contribution >= 0.6 is 0 Å². The molecule has 0 saturated carbocycles. The second-order valence-corrected chi connectivity index (χ2v) is 17.5. The standard InChI is InChI=1S/C15H28Si2/c1-10-11(2)13(4)14(12(10)3)17(8,9)16-15(5,6)7/h14H,1-9H3. The number of rotatable bonds is 2. The molecular weight excluding hydrogens is 236 g/mol. The van der Waals surface area contributed by atoms with Crippen molar-refractivity contribution in [1.82, 2.24) is 0 Å².